The summed E-state index contributed by atoms with van der Waals surface area (Å²) < 4.78 is 19.1. The van der Waals surface area contributed by atoms with Gasteiger partial charge in [0.15, 0.2) is 0 Å². The third-order valence-electron chi connectivity index (χ3n) is 2.68. The van der Waals surface area contributed by atoms with Crippen LogP contribution in [-0.4, -0.2) is 20.2 Å². The van der Waals surface area contributed by atoms with Gasteiger partial charge in [-0.05, 0) is 37.1 Å². The number of hydrogen-bond donors (Lipinski definition) is 1. The molecule has 0 amide bonds. The van der Waals surface area contributed by atoms with Crippen molar-refractivity contribution in [1.82, 2.24) is 5.32 Å². The number of halogens is 1. The predicted molar refractivity (Wildman–Crippen MR) is 58.0 cm³/mol. The first-order valence-electron chi connectivity index (χ1n) is 5.35. The number of hydrogen-bond acceptors (Lipinski definition) is 2. The molecule has 0 saturated heterocycles. The minimum Gasteiger partial charge on any atom is -0.493 e. The van der Waals surface area contributed by atoms with Crippen LogP contribution in [-0.2, 0) is 6.42 Å². The molecule has 1 unspecified atom stereocenters. The van der Waals surface area contributed by atoms with Crippen LogP contribution >= 0.6 is 0 Å². The van der Waals surface area contributed by atoms with Crippen LogP contribution in [0.1, 0.15) is 23.7 Å². The normalized spacial score (nSPS) is 16.7. The lowest BCUT2D eigenvalue weighted by Gasteiger charge is -2.18. The number of fused-ring (bicyclic) bond motifs is 1. The lowest BCUT2D eigenvalue weighted by molar-refractivity contribution is 0.285. The molecule has 1 aromatic rings. The van der Waals surface area contributed by atoms with Gasteiger partial charge in [0.1, 0.15) is 11.9 Å². The van der Waals surface area contributed by atoms with E-state index < -0.39 is 6.17 Å². The van der Waals surface area contributed by atoms with Gasteiger partial charge in [-0.1, -0.05) is 12.1 Å². The van der Waals surface area contributed by atoms with Crippen LogP contribution in [0.3, 0.4) is 0 Å². The number of nitrogens with one attached hydrogen (secondary N) is 1. The fourth-order valence-corrected chi connectivity index (χ4v) is 1.85. The van der Waals surface area contributed by atoms with Crippen LogP contribution in [0, 0.1) is 0 Å². The summed E-state index contributed by atoms with van der Waals surface area (Å²) in [5, 5.41) is 2.83. The molecule has 1 heterocycles. The van der Waals surface area contributed by atoms with E-state index in [9.17, 15) is 4.39 Å². The number of aryl methyl sites for hydroxylation is 1. The maximum Gasteiger partial charge on any atom is 0.138 e. The van der Waals surface area contributed by atoms with Gasteiger partial charge in [0.2, 0.25) is 0 Å². The second kappa shape index (κ2) is 4.62. The third kappa shape index (κ3) is 2.29. The quantitative estimate of drug-likeness (QED) is 0.824. The fourth-order valence-electron chi connectivity index (χ4n) is 1.85. The van der Waals surface area contributed by atoms with E-state index in [0.717, 1.165) is 25.2 Å². The van der Waals surface area contributed by atoms with Crippen LogP contribution in [0.15, 0.2) is 18.2 Å². The van der Waals surface area contributed by atoms with Gasteiger partial charge in [-0.3, -0.25) is 0 Å². The van der Waals surface area contributed by atoms with E-state index in [-0.39, 0.29) is 0 Å². The molecule has 0 spiro atoms. The molecule has 0 aliphatic carbocycles. The summed E-state index contributed by atoms with van der Waals surface area (Å²) >= 11 is 0. The average molecular weight is 209 g/mol. The molecular formula is C12H16FNO. The highest BCUT2D eigenvalue weighted by Crippen LogP contribution is 2.29. The van der Waals surface area contributed by atoms with E-state index in [2.05, 4.69) is 5.32 Å². The lowest BCUT2D eigenvalue weighted by Crippen LogP contribution is -2.14. The smallest absolute Gasteiger partial charge is 0.138 e. The molecule has 82 valence electrons. The van der Waals surface area contributed by atoms with Crippen molar-refractivity contribution in [2.45, 2.75) is 19.0 Å². The lowest BCUT2D eigenvalue weighted by atomic mass is 10.0. The van der Waals surface area contributed by atoms with Gasteiger partial charge in [0.25, 0.3) is 0 Å². The summed E-state index contributed by atoms with van der Waals surface area (Å²) in [6.07, 6.45) is 1.14. The Balaban J connectivity index is 2.20. The van der Waals surface area contributed by atoms with E-state index in [1.807, 2.05) is 18.2 Å². The summed E-state index contributed by atoms with van der Waals surface area (Å²) in [7, 11) is 1.75. The van der Waals surface area contributed by atoms with Gasteiger partial charge in [-0.25, -0.2) is 4.39 Å². The first-order chi connectivity index (χ1) is 7.31. The SMILES string of the molecule is CNCC(F)c1ccc2c(c1)OCCC2. The van der Waals surface area contributed by atoms with Crippen LogP contribution in [0.25, 0.3) is 0 Å². The highest BCUT2D eigenvalue weighted by Gasteiger charge is 2.14. The third-order valence-corrected chi connectivity index (χ3v) is 2.68. The molecule has 1 N–H and O–H groups in total. The molecular weight excluding hydrogens is 193 g/mol. The monoisotopic (exact) mass is 209 g/mol. The predicted octanol–water partition coefficient (Wildman–Crippen LogP) is 2.24. The Morgan fingerprint density at radius 3 is 3.20 bits per heavy atom. The standard InChI is InChI=1S/C12H16FNO/c1-14-8-11(13)10-5-4-9-3-2-6-15-12(9)7-10/h4-5,7,11,14H,2-3,6,8H2,1H3. The second-order valence-electron chi connectivity index (χ2n) is 3.84. The Bertz CT molecular complexity index is 340. The van der Waals surface area contributed by atoms with E-state index in [1.54, 1.807) is 7.05 Å². The van der Waals surface area contributed by atoms with Crippen LogP contribution in [0.2, 0.25) is 0 Å². The summed E-state index contributed by atoms with van der Waals surface area (Å²) in [6.45, 7) is 1.10. The van der Waals surface area contributed by atoms with E-state index in [4.69, 9.17) is 4.74 Å². The minimum absolute atomic E-state index is 0.346. The van der Waals surface area contributed by atoms with Crippen molar-refractivity contribution < 1.29 is 9.13 Å². The van der Waals surface area contributed by atoms with Crippen LogP contribution in [0.5, 0.6) is 5.75 Å². The van der Waals surface area contributed by atoms with E-state index in [1.165, 1.54) is 5.56 Å². The zero-order valence-electron chi connectivity index (χ0n) is 8.92. The molecule has 1 aliphatic heterocycles. The fraction of sp³-hybridized carbons (Fsp3) is 0.500. The molecule has 2 nitrogen and oxygen atoms in total. The Morgan fingerprint density at radius 1 is 1.53 bits per heavy atom. The number of alkyl halides is 1. The first-order valence-corrected chi connectivity index (χ1v) is 5.35. The number of benzene rings is 1. The molecule has 0 bridgehead atoms. The highest BCUT2D eigenvalue weighted by molar-refractivity contribution is 5.39. The molecule has 0 radical (unpaired) electrons. The van der Waals surface area contributed by atoms with Gasteiger partial charge in [-0.15, -0.1) is 0 Å². The number of rotatable bonds is 3. The van der Waals surface area contributed by atoms with E-state index in [0.29, 0.717) is 12.1 Å². The number of ether oxygens (including phenoxy) is 1. The van der Waals surface area contributed by atoms with Gasteiger partial charge in [0.05, 0.1) is 6.61 Å². The van der Waals surface area contributed by atoms with Crippen molar-refractivity contribution in [2.75, 3.05) is 20.2 Å². The molecule has 0 fully saturated rings. The number of likely N-dealkylation sites (N-methyl/N-ethyl adjacent to an activating group) is 1. The van der Waals surface area contributed by atoms with E-state index >= 15 is 0 Å². The van der Waals surface area contributed by atoms with Crippen molar-refractivity contribution in [3.63, 3.8) is 0 Å². The molecule has 1 atom stereocenters. The van der Waals surface area contributed by atoms with Crippen LogP contribution in [0.4, 0.5) is 4.39 Å². The van der Waals surface area contributed by atoms with Crippen LogP contribution < -0.4 is 10.1 Å². The molecule has 2 rings (SSSR count). The zero-order valence-corrected chi connectivity index (χ0v) is 8.92. The van der Waals surface area contributed by atoms with Gasteiger partial charge in [0, 0.05) is 6.54 Å². The Labute approximate surface area is 89.4 Å². The van der Waals surface area contributed by atoms with Crippen molar-refractivity contribution >= 4 is 0 Å². The Kier molecular flexibility index (Phi) is 3.21. The highest BCUT2D eigenvalue weighted by atomic mass is 19.1. The van der Waals surface area contributed by atoms with Gasteiger partial charge < -0.3 is 10.1 Å². The van der Waals surface area contributed by atoms with Crippen molar-refractivity contribution in [3.8, 4) is 5.75 Å². The van der Waals surface area contributed by atoms with Gasteiger partial charge >= 0.3 is 0 Å². The van der Waals surface area contributed by atoms with Crippen molar-refractivity contribution in [2.24, 2.45) is 0 Å². The van der Waals surface area contributed by atoms with Gasteiger partial charge in [-0.2, -0.15) is 0 Å². The maximum absolute atomic E-state index is 13.6. The Morgan fingerprint density at radius 2 is 2.40 bits per heavy atom. The largest absolute Gasteiger partial charge is 0.493 e. The first kappa shape index (κ1) is 10.4. The molecule has 1 aliphatic rings. The average Bonchev–Trinajstić information content (AvgIpc) is 2.29. The Hall–Kier alpha value is -1.09. The summed E-state index contributed by atoms with van der Waals surface area (Å²) in [6, 6.07) is 5.66. The molecule has 0 saturated carbocycles. The molecule has 15 heavy (non-hydrogen) atoms. The summed E-state index contributed by atoms with van der Waals surface area (Å²) in [4.78, 5) is 0. The maximum atomic E-state index is 13.6. The van der Waals surface area contributed by atoms with Crippen molar-refractivity contribution in [1.29, 1.82) is 0 Å². The topological polar surface area (TPSA) is 21.3 Å². The molecule has 1 aromatic carbocycles. The molecule has 0 aromatic heterocycles. The zero-order chi connectivity index (χ0) is 10.7. The summed E-state index contributed by atoms with van der Waals surface area (Å²) in [5.74, 6) is 0.859. The minimum atomic E-state index is -0.953. The summed E-state index contributed by atoms with van der Waals surface area (Å²) in [5.41, 5.74) is 1.90. The van der Waals surface area contributed by atoms with Crippen molar-refractivity contribution in [3.05, 3.63) is 29.3 Å². The second-order valence-corrected chi connectivity index (χ2v) is 3.84. The molecule has 3 heteroatoms.